The summed E-state index contributed by atoms with van der Waals surface area (Å²) in [7, 11) is 0. The second-order valence-corrected chi connectivity index (χ2v) is 28.8. The average molecular weight is 1420 g/mol. The third kappa shape index (κ3) is 8.54. The number of hydrogen-bond acceptors (Lipinski definition) is 2. The lowest BCUT2D eigenvalue weighted by Crippen LogP contribution is -2.32. The zero-order valence-corrected chi connectivity index (χ0v) is 58.3. The normalized spacial score (nSPS) is 13.4. The fourth-order valence-corrected chi connectivity index (χ4v) is 19.0. The molecule has 4 aliphatic rings. The van der Waals surface area contributed by atoms with E-state index in [1.807, 2.05) is 6.07 Å². The molecule has 0 fully saturated rings. The van der Waals surface area contributed by atoms with Crippen molar-refractivity contribution in [3.8, 4) is 62.3 Å². The first-order valence-electron chi connectivity index (χ1n) is 35.9. The lowest BCUT2D eigenvalue weighted by atomic mass is 9.66. The molecular weight excluding hydrogens is 1360 g/mol. The molecular formula is C99H65BrN4O2. The van der Waals surface area contributed by atoms with E-state index in [1.54, 1.807) is 0 Å². The molecule has 2 spiro atoms. The number of H-pyrrole nitrogens is 1. The summed E-state index contributed by atoms with van der Waals surface area (Å²) in [6, 6.07) is 131. The van der Waals surface area contributed by atoms with Gasteiger partial charge in [-0.2, -0.15) is 0 Å². The van der Waals surface area contributed by atoms with Crippen LogP contribution in [-0.4, -0.2) is 18.7 Å². The Bertz CT molecular complexity index is 6920. The third-order valence-corrected chi connectivity index (χ3v) is 23.2. The summed E-state index contributed by atoms with van der Waals surface area (Å²) in [5, 5.41) is 9.68. The van der Waals surface area contributed by atoms with Gasteiger partial charge in [-0.1, -0.05) is 278 Å². The highest BCUT2D eigenvalue weighted by atomic mass is 79.9. The fraction of sp³-hybridized carbons (Fsp3) is 0.0303. The molecule has 6 nitrogen and oxygen atoms in total. The van der Waals surface area contributed by atoms with Crippen molar-refractivity contribution in [2.75, 3.05) is 0 Å². The summed E-state index contributed by atoms with van der Waals surface area (Å²) >= 11 is 3.57. The van der Waals surface area contributed by atoms with Crippen LogP contribution in [0.4, 0.5) is 0 Å². The molecule has 2 aliphatic carbocycles. The van der Waals surface area contributed by atoms with E-state index in [4.69, 9.17) is 9.47 Å². The molecule has 4 aromatic heterocycles. The van der Waals surface area contributed by atoms with Crippen LogP contribution in [0, 0.1) is 0 Å². The molecule has 0 saturated heterocycles. The Morgan fingerprint density at radius 1 is 0.245 bits per heavy atom. The predicted molar refractivity (Wildman–Crippen MR) is 441 cm³/mol. The molecule has 0 radical (unpaired) electrons. The highest BCUT2D eigenvalue weighted by Crippen LogP contribution is 2.65. The van der Waals surface area contributed by atoms with E-state index in [1.165, 1.54) is 127 Å². The number of rotatable bonds is 3. The number of nitrogens with one attached hydrogen (secondary N) is 1. The van der Waals surface area contributed by atoms with Crippen LogP contribution in [0.15, 0.2) is 368 Å². The lowest BCUT2D eigenvalue weighted by Gasteiger charge is -2.39. The molecule has 16 aromatic carbocycles. The molecule has 2 aliphatic heterocycles. The van der Waals surface area contributed by atoms with Crippen LogP contribution in [0.3, 0.4) is 0 Å². The summed E-state index contributed by atoms with van der Waals surface area (Å²) in [6.45, 7) is 0. The maximum absolute atomic E-state index is 7.13. The number of para-hydroxylation sites is 8. The van der Waals surface area contributed by atoms with Gasteiger partial charge in [-0.05, 0) is 154 Å². The summed E-state index contributed by atoms with van der Waals surface area (Å²) in [5.74, 6) is 3.71. The van der Waals surface area contributed by atoms with Crippen LogP contribution in [0.25, 0.3) is 127 Å². The number of halogens is 1. The summed E-state index contributed by atoms with van der Waals surface area (Å²) in [4.78, 5) is 3.59. The van der Waals surface area contributed by atoms with Crippen LogP contribution >= 0.6 is 15.9 Å². The largest absolute Gasteiger partial charge is 0.456 e. The van der Waals surface area contributed by atoms with Crippen molar-refractivity contribution in [3.05, 3.63) is 413 Å². The highest BCUT2D eigenvalue weighted by molar-refractivity contribution is 9.10. The fourth-order valence-electron chi connectivity index (χ4n) is 18.6. The number of aromatic nitrogens is 4. The van der Waals surface area contributed by atoms with E-state index in [-0.39, 0.29) is 7.43 Å². The second-order valence-electron chi connectivity index (χ2n) is 27.8. The highest BCUT2D eigenvalue weighted by Gasteiger charge is 2.53. The second kappa shape index (κ2) is 23.7. The van der Waals surface area contributed by atoms with E-state index < -0.39 is 10.8 Å². The topological polar surface area (TPSA) is 49.0 Å². The van der Waals surface area contributed by atoms with Gasteiger partial charge in [0.25, 0.3) is 0 Å². The Labute approximate surface area is 620 Å². The van der Waals surface area contributed by atoms with Gasteiger partial charge in [0.1, 0.15) is 23.0 Å². The maximum atomic E-state index is 7.13. The number of benzene rings is 16. The average Bonchev–Trinajstić information content (AvgIpc) is 1.36. The van der Waals surface area contributed by atoms with Gasteiger partial charge in [0, 0.05) is 81.6 Å². The number of nitrogens with zero attached hydrogens (tertiary/aromatic N) is 3. The Kier molecular flexibility index (Phi) is 13.7. The Morgan fingerprint density at radius 2 is 0.613 bits per heavy atom. The smallest absolute Gasteiger partial charge is 0.142 e. The van der Waals surface area contributed by atoms with Crippen LogP contribution in [0.1, 0.15) is 51.9 Å². The van der Waals surface area contributed by atoms with Crippen molar-refractivity contribution in [1.29, 1.82) is 0 Å². The van der Waals surface area contributed by atoms with Gasteiger partial charge < -0.3 is 28.2 Å². The van der Waals surface area contributed by atoms with Gasteiger partial charge in [-0.15, -0.1) is 0 Å². The van der Waals surface area contributed by atoms with Crippen molar-refractivity contribution in [2.45, 2.75) is 18.3 Å². The van der Waals surface area contributed by atoms with Crippen molar-refractivity contribution < 1.29 is 9.47 Å². The van der Waals surface area contributed by atoms with Gasteiger partial charge in [0.15, 0.2) is 0 Å². The molecule has 500 valence electrons. The van der Waals surface area contributed by atoms with Crippen LogP contribution in [0.5, 0.6) is 23.0 Å². The first-order chi connectivity index (χ1) is 52.0. The minimum absolute atomic E-state index is 0. The molecule has 6 heterocycles. The molecule has 106 heavy (non-hydrogen) atoms. The SMILES string of the molecule is Brc1ccc2c(c1)c1ccccc1n2-c1ccccc1.C.c1ccc(-n2c3ccccc3c3cc(-n4c5ccccc5c5c6c(ccc54)C4(c5ccccc5O6)c5ccccc5-c5ccccc54)ccc32)cc1.c1ccc2c(c1)Oc1c(ccc3[nH]c4ccccc4c13)C21c2ccccc2-c2ccccc21. The first-order valence-corrected chi connectivity index (χ1v) is 36.7. The molecule has 24 rings (SSSR count). The monoisotopic (exact) mass is 1420 g/mol. The Hall–Kier alpha value is -13.2. The van der Waals surface area contributed by atoms with E-state index in [0.29, 0.717) is 0 Å². The molecule has 20 aromatic rings. The van der Waals surface area contributed by atoms with Crippen molar-refractivity contribution >= 4 is 103 Å². The minimum atomic E-state index is -0.507. The van der Waals surface area contributed by atoms with Crippen molar-refractivity contribution in [2.24, 2.45) is 0 Å². The first kappa shape index (κ1) is 61.5. The van der Waals surface area contributed by atoms with Crippen molar-refractivity contribution in [3.63, 3.8) is 0 Å². The van der Waals surface area contributed by atoms with Gasteiger partial charge in [0.05, 0.1) is 60.2 Å². The third-order valence-electron chi connectivity index (χ3n) is 22.7. The molecule has 0 amide bonds. The number of ether oxygens (including phenoxy) is 2. The molecule has 0 saturated carbocycles. The molecule has 7 heteroatoms. The van der Waals surface area contributed by atoms with Crippen molar-refractivity contribution in [1.82, 2.24) is 18.7 Å². The van der Waals surface area contributed by atoms with E-state index in [0.717, 1.165) is 71.7 Å². The van der Waals surface area contributed by atoms with E-state index >= 15 is 0 Å². The quantitative estimate of drug-likeness (QED) is 0.192. The Morgan fingerprint density at radius 3 is 1.14 bits per heavy atom. The zero-order chi connectivity index (χ0) is 69.1. The number of hydrogen-bond donors (Lipinski definition) is 1. The standard InChI is InChI=1S/C49H30N2O.C31H19NO.C18H12BrN.CH4/c1-2-14-31(15-3-1)50-42-23-11-6-18-35(42)37-30-32(26-28-44(37)50)51-43-24-12-7-19-36(43)47-45(51)29-27-41-48(47)52-46-25-13-10-22-40(46)49(41)38-20-8-4-16-33(38)34-17-5-9-21-39(34)49;1-4-12-22-19(9-1)20-10-2-5-13-23(20)31(22)24-14-6-8-16-28(24)33-30-25(31)17-18-27-29(30)21-11-3-7-15-26(21)32-27;19-13-10-11-18-16(12-13)15-8-4-5-9-17(15)20(18)14-6-2-1-3-7-14;/h1-30H;1-18,32H;1-12H;1H4. The molecule has 0 atom stereocenters. The maximum Gasteiger partial charge on any atom is 0.142 e. The lowest BCUT2D eigenvalue weighted by molar-refractivity contribution is 0.442. The number of aromatic amines is 1. The van der Waals surface area contributed by atoms with Gasteiger partial charge in [0.2, 0.25) is 0 Å². The number of fused-ring (bicyclic) bond motifs is 32. The summed E-state index contributed by atoms with van der Waals surface area (Å²) < 4.78 is 22.1. The summed E-state index contributed by atoms with van der Waals surface area (Å²) in [5.41, 5.74) is 27.1. The Balaban J connectivity index is 0.000000114. The molecule has 0 bridgehead atoms. The van der Waals surface area contributed by atoms with Gasteiger partial charge in [-0.3, -0.25) is 0 Å². The summed E-state index contributed by atoms with van der Waals surface area (Å²) in [6.07, 6.45) is 0. The predicted octanol–water partition coefficient (Wildman–Crippen LogP) is 26.3. The van der Waals surface area contributed by atoms with Crippen LogP contribution in [-0.2, 0) is 10.8 Å². The zero-order valence-electron chi connectivity index (χ0n) is 56.7. The van der Waals surface area contributed by atoms with Crippen LogP contribution < -0.4 is 9.47 Å². The molecule has 0 unspecified atom stereocenters. The van der Waals surface area contributed by atoms with E-state index in [9.17, 15) is 0 Å². The minimum Gasteiger partial charge on any atom is -0.456 e. The van der Waals surface area contributed by atoms with Gasteiger partial charge in [-0.25, -0.2) is 0 Å². The van der Waals surface area contributed by atoms with Crippen LogP contribution in [0.2, 0.25) is 0 Å². The van der Waals surface area contributed by atoms with E-state index in [2.05, 4.69) is 393 Å². The molecule has 1 N–H and O–H groups in total. The van der Waals surface area contributed by atoms with Gasteiger partial charge >= 0.3 is 0 Å².